The van der Waals surface area contributed by atoms with E-state index < -0.39 is 0 Å². The van der Waals surface area contributed by atoms with Crippen molar-refractivity contribution in [3.63, 3.8) is 0 Å². The number of hydrogen-bond acceptors (Lipinski definition) is 2. The number of benzene rings is 1. The fourth-order valence-electron chi connectivity index (χ4n) is 1.86. The third kappa shape index (κ3) is 2.78. The second kappa shape index (κ2) is 4.91. The van der Waals surface area contributed by atoms with Crippen molar-refractivity contribution in [2.24, 2.45) is 0 Å². The highest BCUT2D eigenvalue weighted by Crippen LogP contribution is 2.24. The monoisotopic (exact) mass is 207 g/mol. The molecule has 0 heterocycles. The molecule has 0 fully saturated rings. The summed E-state index contributed by atoms with van der Waals surface area (Å²) in [7, 11) is 0. The molecule has 0 amide bonds. The summed E-state index contributed by atoms with van der Waals surface area (Å²) in [6.07, 6.45) is 3.29. The molecule has 0 aliphatic carbocycles. The minimum Gasteiger partial charge on any atom is -0.258 e. The molecule has 82 valence electrons. The van der Waals surface area contributed by atoms with Gasteiger partial charge in [-0.15, -0.1) is 0 Å². The van der Waals surface area contributed by atoms with Gasteiger partial charge < -0.3 is 0 Å². The summed E-state index contributed by atoms with van der Waals surface area (Å²) < 4.78 is 0. The smallest absolute Gasteiger partial charge is 0.258 e. The van der Waals surface area contributed by atoms with Gasteiger partial charge in [0.2, 0.25) is 0 Å². The molecule has 3 heteroatoms. The lowest BCUT2D eigenvalue weighted by Crippen LogP contribution is -1.97. The highest BCUT2D eigenvalue weighted by molar-refractivity contribution is 5.48. The molecular weight excluding hydrogens is 190 g/mol. The third-order valence-corrected chi connectivity index (χ3v) is 2.55. The summed E-state index contributed by atoms with van der Waals surface area (Å²) in [6.45, 7) is 5.76. The van der Waals surface area contributed by atoms with Crippen molar-refractivity contribution < 1.29 is 4.92 Å². The lowest BCUT2D eigenvalue weighted by atomic mass is 10.0. The van der Waals surface area contributed by atoms with Crippen LogP contribution in [0.2, 0.25) is 0 Å². The molecule has 0 saturated carbocycles. The van der Waals surface area contributed by atoms with Crippen molar-refractivity contribution in [1.29, 1.82) is 0 Å². The van der Waals surface area contributed by atoms with E-state index in [9.17, 15) is 10.1 Å². The number of aryl methyl sites for hydroxylation is 3. The van der Waals surface area contributed by atoms with Gasteiger partial charge in [-0.05, 0) is 44.4 Å². The van der Waals surface area contributed by atoms with E-state index in [0.717, 1.165) is 30.4 Å². The van der Waals surface area contributed by atoms with E-state index in [1.807, 2.05) is 12.1 Å². The van der Waals surface area contributed by atoms with Crippen LogP contribution in [0.4, 0.5) is 5.69 Å². The molecule has 0 unspecified atom stereocenters. The van der Waals surface area contributed by atoms with Crippen LogP contribution in [0.25, 0.3) is 0 Å². The molecule has 0 aliphatic rings. The SMILES string of the molecule is CCCCc1cc(C)c([N+](=O)[O-])c(C)c1. The Morgan fingerprint density at radius 3 is 2.20 bits per heavy atom. The first-order chi connectivity index (χ1) is 7.06. The quantitative estimate of drug-likeness (QED) is 0.559. The van der Waals surface area contributed by atoms with Crippen molar-refractivity contribution >= 4 is 5.69 Å². The maximum absolute atomic E-state index is 10.8. The molecular formula is C12H17NO2. The zero-order chi connectivity index (χ0) is 11.4. The van der Waals surface area contributed by atoms with Crippen LogP contribution in [0, 0.1) is 24.0 Å². The van der Waals surface area contributed by atoms with Gasteiger partial charge in [0.1, 0.15) is 0 Å². The number of unbranched alkanes of at least 4 members (excludes halogenated alkanes) is 1. The second-order valence-corrected chi connectivity index (χ2v) is 3.94. The Morgan fingerprint density at radius 2 is 1.80 bits per heavy atom. The van der Waals surface area contributed by atoms with E-state index in [-0.39, 0.29) is 10.6 Å². The van der Waals surface area contributed by atoms with E-state index in [1.54, 1.807) is 13.8 Å². The number of hydrogen-bond donors (Lipinski definition) is 0. The van der Waals surface area contributed by atoms with Crippen molar-refractivity contribution in [2.45, 2.75) is 40.0 Å². The van der Waals surface area contributed by atoms with Gasteiger partial charge in [0, 0.05) is 11.1 Å². The Labute approximate surface area is 90.3 Å². The van der Waals surface area contributed by atoms with Gasteiger partial charge in [-0.25, -0.2) is 0 Å². The van der Waals surface area contributed by atoms with Gasteiger partial charge in [-0.1, -0.05) is 13.3 Å². The minimum atomic E-state index is -0.297. The standard InChI is InChI=1S/C12H17NO2/c1-4-5-6-11-7-9(2)12(13(14)15)10(3)8-11/h7-8H,4-6H2,1-3H3. The molecule has 15 heavy (non-hydrogen) atoms. The molecule has 1 aromatic rings. The van der Waals surface area contributed by atoms with E-state index >= 15 is 0 Å². The molecule has 0 bridgehead atoms. The Kier molecular flexibility index (Phi) is 3.83. The predicted octanol–water partition coefficient (Wildman–Crippen LogP) is 3.55. The van der Waals surface area contributed by atoms with Gasteiger partial charge >= 0.3 is 0 Å². The van der Waals surface area contributed by atoms with Crippen molar-refractivity contribution in [1.82, 2.24) is 0 Å². The van der Waals surface area contributed by atoms with Crippen LogP contribution in [-0.4, -0.2) is 4.92 Å². The van der Waals surface area contributed by atoms with Crippen LogP contribution in [0.5, 0.6) is 0 Å². The molecule has 0 N–H and O–H groups in total. The molecule has 0 atom stereocenters. The van der Waals surface area contributed by atoms with Crippen LogP contribution in [0.15, 0.2) is 12.1 Å². The van der Waals surface area contributed by atoms with Crippen molar-refractivity contribution in [2.75, 3.05) is 0 Å². The summed E-state index contributed by atoms with van der Waals surface area (Å²) in [5.74, 6) is 0. The number of nitro groups is 1. The first-order valence-corrected chi connectivity index (χ1v) is 5.30. The van der Waals surface area contributed by atoms with Gasteiger partial charge in [-0.2, -0.15) is 0 Å². The van der Waals surface area contributed by atoms with E-state index in [1.165, 1.54) is 5.56 Å². The van der Waals surface area contributed by atoms with E-state index in [2.05, 4.69) is 6.92 Å². The number of nitro benzene ring substituents is 1. The first kappa shape index (κ1) is 11.7. The molecule has 1 rings (SSSR count). The summed E-state index contributed by atoms with van der Waals surface area (Å²) in [4.78, 5) is 10.5. The lowest BCUT2D eigenvalue weighted by molar-refractivity contribution is -0.386. The second-order valence-electron chi connectivity index (χ2n) is 3.94. The fourth-order valence-corrected chi connectivity index (χ4v) is 1.86. The highest BCUT2D eigenvalue weighted by atomic mass is 16.6. The Morgan fingerprint density at radius 1 is 1.27 bits per heavy atom. The summed E-state index contributed by atoms with van der Waals surface area (Å²) in [5.41, 5.74) is 3.00. The van der Waals surface area contributed by atoms with E-state index in [4.69, 9.17) is 0 Å². The summed E-state index contributed by atoms with van der Waals surface area (Å²) >= 11 is 0. The molecule has 3 nitrogen and oxygen atoms in total. The van der Waals surface area contributed by atoms with Crippen LogP contribution in [-0.2, 0) is 6.42 Å². The largest absolute Gasteiger partial charge is 0.275 e. The topological polar surface area (TPSA) is 43.1 Å². The number of rotatable bonds is 4. The molecule has 0 aliphatic heterocycles. The normalized spacial score (nSPS) is 10.3. The lowest BCUT2D eigenvalue weighted by Gasteiger charge is -2.05. The first-order valence-electron chi connectivity index (χ1n) is 5.30. The maximum Gasteiger partial charge on any atom is 0.275 e. The van der Waals surface area contributed by atoms with Crippen LogP contribution in [0.3, 0.4) is 0 Å². The molecule has 1 aromatic carbocycles. The summed E-state index contributed by atoms with van der Waals surface area (Å²) in [6, 6.07) is 3.86. The van der Waals surface area contributed by atoms with Crippen LogP contribution in [0.1, 0.15) is 36.5 Å². The Balaban J connectivity index is 3.03. The third-order valence-electron chi connectivity index (χ3n) is 2.55. The average Bonchev–Trinajstić information content (AvgIpc) is 2.12. The van der Waals surface area contributed by atoms with Crippen LogP contribution >= 0.6 is 0 Å². The fraction of sp³-hybridized carbons (Fsp3) is 0.500. The minimum absolute atomic E-state index is 0.259. The molecule has 0 saturated heterocycles. The molecule has 0 radical (unpaired) electrons. The van der Waals surface area contributed by atoms with Gasteiger partial charge in [0.15, 0.2) is 0 Å². The number of nitrogens with zero attached hydrogens (tertiary/aromatic N) is 1. The predicted molar refractivity (Wildman–Crippen MR) is 61.2 cm³/mol. The average molecular weight is 207 g/mol. The van der Waals surface area contributed by atoms with Crippen molar-refractivity contribution in [3.8, 4) is 0 Å². The van der Waals surface area contributed by atoms with Gasteiger partial charge in [0.25, 0.3) is 5.69 Å². The summed E-state index contributed by atoms with van der Waals surface area (Å²) in [5, 5.41) is 10.8. The van der Waals surface area contributed by atoms with Gasteiger partial charge in [-0.3, -0.25) is 10.1 Å². The Bertz CT molecular complexity index is 349. The van der Waals surface area contributed by atoms with Crippen molar-refractivity contribution in [3.05, 3.63) is 38.9 Å². The zero-order valence-corrected chi connectivity index (χ0v) is 9.54. The maximum atomic E-state index is 10.8. The molecule has 0 spiro atoms. The van der Waals surface area contributed by atoms with Gasteiger partial charge in [0.05, 0.1) is 4.92 Å². The van der Waals surface area contributed by atoms with E-state index in [0.29, 0.717) is 0 Å². The van der Waals surface area contributed by atoms with Crippen LogP contribution < -0.4 is 0 Å². The zero-order valence-electron chi connectivity index (χ0n) is 9.54. The Hall–Kier alpha value is -1.38. The molecule has 0 aromatic heterocycles. The highest BCUT2D eigenvalue weighted by Gasteiger charge is 2.14.